The Labute approximate surface area is 121 Å². The highest BCUT2D eigenvalue weighted by Crippen LogP contribution is 2.65. The van der Waals surface area contributed by atoms with Crippen molar-refractivity contribution < 1.29 is 13.9 Å². The van der Waals surface area contributed by atoms with E-state index in [0.29, 0.717) is 19.1 Å². The molecule has 0 saturated carbocycles. The smallest absolute Gasteiger partial charge is 0.256 e. The maximum absolute atomic E-state index is 13.0. The fourth-order valence-electron chi connectivity index (χ4n) is 2.41. The normalized spacial score (nSPS) is 36.6. The SMILES string of the molecule is CC(C)[C@@H]1SC(C)(C)N[C@H]1[P+]1([O-])OCC(C)(C)CO1. The number of thioether (sulfide) groups is 1. The monoisotopic (exact) mass is 307 g/mol. The van der Waals surface area contributed by atoms with E-state index >= 15 is 0 Å². The zero-order valence-electron chi connectivity index (χ0n) is 12.7. The second kappa shape index (κ2) is 5.11. The summed E-state index contributed by atoms with van der Waals surface area (Å²) in [6.45, 7) is 13.7. The Morgan fingerprint density at radius 2 is 1.74 bits per heavy atom. The van der Waals surface area contributed by atoms with Crippen molar-refractivity contribution in [3.63, 3.8) is 0 Å². The highest BCUT2D eigenvalue weighted by molar-refractivity contribution is 8.01. The van der Waals surface area contributed by atoms with E-state index in [9.17, 15) is 4.89 Å². The average molecular weight is 307 g/mol. The standard InChI is InChI=1S/C13H26NO3PS/c1-9(2)10-11(14-13(5,6)19-10)18(15)16-7-12(3,4)8-17-18/h9-11,14H,7-8H2,1-6H3/t10-,11-/m0/s1. The van der Waals surface area contributed by atoms with Crippen molar-refractivity contribution in [1.29, 1.82) is 0 Å². The molecule has 2 heterocycles. The van der Waals surface area contributed by atoms with Crippen LogP contribution in [-0.4, -0.2) is 29.1 Å². The zero-order chi connectivity index (χ0) is 14.5. The molecule has 0 amide bonds. The van der Waals surface area contributed by atoms with Gasteiger partial charge in [-0.15, -0.1) is 11.8 Å². The van der Waals surface area contributed by atoms with Gasteiger partial charge in [-0.05, 0) is 19.8 Å². The minimum Gasteiger partial charge on any atom is -0.630 e. The van der Waals surface area contributed by atoms with Crippen molar-refractivity contribution >= 4 is 19.7 Å². The fourth-order valence-corrected chi connectivity index (χ4v) is 7.11. The molecule has 4 nitrogen and oxygen atoms in total. The Morgan fingerprint density at radius 1 is 1.21 bits per heavy atom. The lowest BCUT2D eigenvalue weighted by Crippen LogP contribution is -2.48. The lowest BCUT2D eigenvalue weighted by molar-refractivity contribution is -0.237. The van der Waals surface area contributed by atoms with Gasteiger partial charge in [0.25, 0.3) is 7.94 Å². The predicted molar refractivity (Wildman–Crippen MR) is 79.8 cm³/mol. The van der Waals surface area contributed by atoms with Gasteiger partial charge in [-0.2, -0.15) is 0 Å². The van der Waals surface area contributed by atoms with Crippen LogP contribution >= 0.6 is 19.7 Å². The highest BCUT2D eigenvalue weighted by atomic mass is 32.2. The second-order valence-electron chi connectivity index (χ2n) is 7.18. The van der Waals surface area contributed by atoms with E-state index in [-0.39, 0.29) is 21.3 Å². The number of hydrogen-bond donors (Lipinski definition) is 1. The van der Waals surface area contributed by atoms with Crippen molar-refractivity contribution in [1.82, 2.24) is 5.32 Å². The van der Waals surface area contributed by atoms with Gasteiger partial charge in [-0.25, -0.2) is 9.05 Å². The Balaban J connectivity index is 2.15. The molecule has 1 N–H and O–H groups in total. The van der Waals surface area contributed by atoms with Gasteiger partial charge in [0.05, 0.1) is 10.1 Å². The van der Waals surface area contributed by atoms with Gasteiger partial charge in [-0.1, -0.05) is 27.7 Å². The van der Waals surface area contributed by atoms with Crippen LogP contribution in [0.2, 0.25) is 0 Å². The molecule has 2 aliphatic heterocycles. The lowest BCUT2D eigenvalue weighted by atomic mass is 9.97. The first kappa shape index (κ1) is 16.0. The van der Waals surface area contributed by atoms with Crippen LogP contribution < -0.4 is 10.2 Å². The molecule has 0 aromatic heterocycles. The van der Waals surface area contributed by atoms with Crippen LogP contribution in [0.25, 0.3) is 0 Å². The maximum atomic E-state index is 13.0. The van der Waals surface area contributed by atoms with Crippen LogP contribution in [0.1, 0.15) is 41.5 Å². The second-order valence-corrected chi connectivity index (χ2v) is 11.1. The lowest BCUT2D eigenvalue weighted by Gasteiger charge is -2.42. The number of rotatable bonds is 2. The summed E-state index contributed by atoms with van der Waals surface area (Å²) in [5, 5.41) is 3.70. The Kier molecular flexibility index (Phi) is 4.31. The molecule has 2 saturated heterocycles. The summed E-state index contributed by atoms with van der Waals surface area (Å²) in [6.07, 6.45) is 0. The molecule has 0 spiro atoms. The van der Waals surface area contributed by atoms with Crippen LogP contribution in [0, 0.1) is 11.3 Å². The van der Waals surface area contributed by atoms with Crippen molar-refractivity contribution in [3.05, 3.63) is 0 Å². The molecule has 0 bridgehead atoms. The van der Waals surface area contributed by atoms with Crippen molar-refractivity contribution in [3.8, 4) is 0 Å². The van der Waals surface area contributed by atoms with E-state index in [0.717, 1.165) is 0 Å². The Hall–Kier alpha value is 0.620. The van der Waals surface area contributed by atoms with Crippen LogP contribution in [0.15, 0.2) is 0 Å². The molecule has 112 valence electrons. The van der Waals surface area contributed by atoms with E-state index in [1.54, 1.807) is 0 Å². The van der Waals surface area contributed by atoms with Gasteiger partial charge in [0.2, 0.25) is 0 Å². The maximum Gasteiger partial charge on any atom is 0.256 e. The molecular weight excluding hydrogens is 281 g/mol. The third-order valence-corrected chi connectivity index (χ3v) is 7.61. The molecule has 2 atom stereocenters. The third kappa shape index (κ3) is 3.45. The van der Waals surface area contributed by atoms with Crippen molar-refractivity contribution in [2.45, 2.75) is 57.4 Å². The van der Waals surface area contributed by atoms with Crippen LogP contribution in [0.4, 0.5) is 0 Å². The van der Waals surface area contributed by atoms with Crippen LogP contribution in [0.5, 0.6) is 0 Å². The molecule has 0 aliphatic carbocycles. The first-order valence-corrected chi connectivity index (χ1v) is 9.38. The van der Waals surface area contributed by atoms with E-state index in [2.05, 4.69) is 46.9 Å². The molecule has 0 aromatic carbocycles. The molecule has 0 radical (unpaired) electrons. The van der Waals surface area contributed by atoms with Gasteiger partial charge in [-0.3, -0.25) is 5.32 Å². The summed E-state index contributed by atoms with van der Waals surface area (Å²) in [5.74, 6) is 0.223. The first-order valence-electron chi connectivity index (χ1n) is 6.89. The zero-order valence-corrected chi connectivity index (χ0v) is 14.4. The summed E-state index contributed by atoms with van der Waals surface area (Å²) in [6, 6.07) is 0. The fraction of sp³-hybridized carbons (Fsp3) is 1.00. The minimum absolute atomic E-state index is 0.0531. The van der Waals surface area contributed by atoms with Crippen LogP contribution in [0.3, 0.4) is 0 Å². The molecule has 2 rings (SSSR count). The quantitative estimate of drug-likeness (QED) is 0.795. The molecule has 2 aliphatic rings. The number of hydrogen-bond acceptors (Lipinski definition) is 5. The van der Waals surface area contributed by atoms with Gasteiger partial charge in [0, 0.05) is 5.41 Å². The first-order chi connectivity index (χ1) is 8.55. The average Bonchev–Trinajstić information content (AvgIpc) is 2.60. The highest BCUT2D eigenvalue weighted by Gasteiger charge is 2.57. The number of nitrogens with one attached hydrogen (secondary N) is 1. The van der Waals surface area contributed by atoms with Crippen molar-refractivity contribution in [2.75, 3.05) is 13.2 Å². The van der Waals surface area contributed by atoms with Gasteiger partial charge in [0.15, 0.2) is 5.78 Å². The molecule has 0 unspecified atom stereocenters. The molecular formula is C13H26NO3PS. The van der Waals surface area contributed by atoms with Gasteiger partial charge < -0.3 is 4.89 Å². The molecule has 0 aromatic rings. The molecule has 19 heavy (non-hydrogen) atoms. The van der Waals surface area contributed by atoms with E-state index in [1.165, 1.54) is 0 Å². The third-order valence-electron chi connectivity index (χ3n) is 3.51. The summed E-state index contributed by atoms with van der Waals surface area (Å²) < 4.78 is 11.4. The van der Waals surface area contributed by atoms with Gasteiger partial charge in [0.1, 0.15) is 13.2 Å². The molecule has 2 fully saturated rings. The Morgan fingerprint density at radius 3 is 2.21 bits per heavy atom. The van der Waals surface area contributed by atoms with Gasteiger partial charge >= 0.3 is 0 Å². The van der Waals surface area contributed by atoms with Crippen LogP contribution in [-0.2, 0) is 9.05 Å². The predicted octanol–water partition coefficient (Wildman–Crippen LogP) is 2.61. The van der Waals surface area contributed by atoms with E-state index < -0.39 is 7.94 Å². The topological polar surface area (TPSA) is 53.5 Å². The summed E-state index contributed by atoms with van der Waals surface area (Å²) in [5.41, 5.74) is -0.0531. The Bertz CT molecular complexity index is 339. The summed E-state index contributed by atoms with van der Waals surface area (Å²) in [7, 11) is -3.06. The molecule has 6 heteroatoms. The van der Waals surface area contributed by atoms with Crippen molar-refractivity contribution in [2.24, 2.45) is 11.3 Å². The van der Waals surface area contributed by atoms with E-state index in [4.69, 9.17) is 9.05 Å². The summed E-state index contributed by atoms with van der Waals surface area (Å²) in [4.78, 5) is 12.9. The van der Waals surface area contributed by atoms with E-state index in [1.807, 2.05) is 11.8 Å². The largest absolute Gasteiger partial charge is 0.630 e. The minimum atomic E-state index is -3.06. The summed E-state index contributed by atoms with van der Waals surface area (Å²) >= 11 is 1.83.